The van der Waals surface area contributed by atoms with Crippen molar-refractivity contribution in [2.24, 2.45) is 0 Å². The maximum absolute atomic E-state index is 13.3. The van der Waals surface area contributed by atoms with Crippen LogP contribution in [0.15, 0.2) is 46.9 Å². The average Bonchev–Trinajstić information content (AvgIpc) is 2.44. The molecule has 2 N–H and O–H groups in total. The van der Waals surface area contributed by atoms with Crippen LogP contribution < -0.4 is 15.2 Å². The van der Waals surface area contributed by atoms with Crippen molar-refractivity contribution < 1.29 is 13.9 Å². The number of hydrogen-bond donors (Lipinski definition) is 1. The zero-order valence-electron chi connectivity index (χ0n) is 10.8. The van der Waals surface area contributed by atoms with Gasteiger partial charge in [-0.15, -0.1) is 0 Å². The molecule has 106 valence electrons. The van der Waals surface area contributed by atoms with Crippen molar-refractivity contribution >= 4 is 21.6 Å². The van der Waals surface area contributed by atoms with E-state index in [1.807, 2.05) is 18.2 Å². The highest BCUT2D eigenvalue weighted by Crippen LogP contribution is 2.21. The number of nitrogen functional groups attached to an aromatic ring is 1. The minimum Gasteiger partial charge on any atom is -0.493 e. The molecule has 0 aliphatic rings. The lowest BCUT2D eigenvalue weighted by Gasteiger charge is -2.09. The Balaban J connectivity index is 1.71. The predicted molar refractivity (Wildman–Crippen MR) is 80.6 cm³/mol. The lowest BCUT2D eigenvalue weighted by molar-refractivity contribution is 0.247. The molecule has 0 atom stereocenters. The molecule has 5 heteroatoms. The summed E-state index contributed by atoms with van der Waals surface area (Å²) in [4.78, 5) is 0. The fourth-order valence-corrected chi connectivity index (χ4v) is 1.86. The van der Waals surface area contributed by atoms with Gasteiger partial charge in [-0.05, 0) is 40.2 Å². The number of para-hydroxylation sites is 2. The molecule has 0 aliphatic heterocycles. The van der Waals surface area contributed by atoms with Gasteiger partial charge in [0.05, 0.1) is 23.4 Å². The van der Waals surface area contributed by atoms with E-state index in [-0.39, 0.29) is 5.82 Å². The quantitative estimate of drug-likeness (QED) is 0.638. The standard InChI is InChI=1S/C15H15BrFNO2/c16-12-7-6-11(10-13(12)17)19-8-3-9-20-15-5-2-1-4-14(15)18/h1-2,4-7,10H,3,8-9,18H2. The third-order valence-corrected chi connectivity index (χ3v) is 3.27. The summed E-state index contributed by atoms with van der Waals surface area (Å²) in [5.41, 5.74) is 6.37. The molecule has 20 heavy (non-hydrogen) atoms. The third kappa shape index (κ3) is 4.13. The number of rotatable bonds is 6. The van der Waals surface area contributed by atoms with Crippen molar-refractivity contribution in [3.63, 3.8) is 0 Å². The molecule has 0 saturated heterocycles. The molecule has 0 spiro atoms. The van der Waals surface area contributed by atoms with Gasteiger partial charge < -0.3 is 15.2 Å². The summed E-state index contributed by atoms with van der Waals surface area (Å²) in [6, 6.07) is 12.0. The Morgan fingerprint density at radius 3 is 2.55 bits per heavy atom. The van der Waals surface area contributed by atoms with E-state index < -0.39 is 0 Å². The van der Waals surface area contributed by atoms with Crippen LogP contribution in [0.4, 0.5) is 10.1 Å². The molecular formula is C15H15BrFNO2. The molecule has 2 aromatic carbocycles. The highest BCUT2D eigenvalue weighted by atomic mass is 79.9. The minimum absolute atomic E-state index is 0.337. The van der Waals surface area contributed by atoms with E-state index >= 15 is 0 Å². The second kappa shape index (κ2) is 7.14. The Bertz CT molecular complexity index is 578. The summed E-state index contributed by atoms with van der Waals surface area (Å²) in [6.45, 7) is 0.945. The Kier molecular flexibility index (Phi) is 5.24. The lowest BCUT2D eigenvalue weighted by atomic mass is 10.3. The van der Waals surface area contributed by atoms with Gasteiger partial charge in [-0.25, -0.2) is 4.39 Å². The second-order valence-electron chi connectivity index (χ2n) is 4.16. The molecular weight excluding hydrogens is 325 g/mol. The van der Waals surface area contributed by atoms with Gasteiger partial charge in [0.2, 0.25) is 0 Å². The first-order valence-corrected chi connectivity index (χ1v) is 7.01. The van der Waals surface area contributed by atoms with Crippen molar-refractivity contribution in [2.45, 2.75) is 6.42 Å². The van der Waals surface area contributed by atoms with Crippen LogP contribution in [0, 0.1) is 5.82 Å². The molecule has 0 bridgehead atoms. The van der Waals surface area contributed by atoms with E-state index in [9.17, 15) is 4.39 Å². The van der Waals surface area contributed by atoms with Gasteiger partial charge in [-0.1, -0.05) is 12.1 Å². The zero-order valence-corrected chi connectivity index (χ0v) is 12.4. The van der Waals surface area contributed by atoms with E-state index in [0.29, 0.717) is 41.3 Å². The van der Waals surface area contributed by atoms with Crippen LogP contribution in [-0.4, -0.2) is 13.2 Å². The van der Waals surface area contributed by atoms with Crippen LogP contribution in [0.5, 0.6) is 11.5 Å². The summed E-state index contributed by atoms with van der Waals surface area (Å²) in [6.07, 6.45) is 0.687. The van der Waals surface area contributed by atoms with Crippen LogP contribution in [-0.2, 0) is 0 Å². The van der Waals surface area contributed by atoms with Gasteiger partial charge in [0.1, 0.15) is 17.3 Å². The van der Waals surface area contributed by atoms with Crippen LogP contribution in [0.3, 0.4) is 0 Å². The SMILES string of the molecule is Nc1ccccc1OCCCOc1ccc(Br)c(F)c1. The number of ether oxygens (including phenoxy) is 2. The zero-order chi connectivity index (χ0) is 14.4. The molecule has 0 unspecified atom stereocenters. The van der Waals surface area contributed by atoms with Crippen molar-refractivity contribution in [1.82, 2.24) is 0 Å². The molecule has 0 aliphatic carbocycles. The van der Waals surface area contributed by atoms with E-state index in [4.69, 9.17) is 15.2 Å². The Hall–Kier alpha value is -1.75. The molecule has 0 aromatic heterocycles. The predicted octanol–water partition coefficient (Wildman–Crippen LogP) is 4.02. The summed E-state index contributed by atoms with van der Waals surface area (Å²) >= 11 is 3.09. The summed E-state index contributed by atoms with van der Waals surface area (Å²) in [7, 11) is 0. The second-order valence-corrected chi connectivity index (χ2v) is 5.02. The number of nitrogens with two attached hydrogens (primary N) is 1. The Morgan fingerprint density at radius 1 is 1.05 bits per heavy atom. The third-order valence-electron chi connectivity index (χ3n) is 2.63. The van der Waals surface area contributed by atoms with Crippen LogP contribution in [0.25, 0.3) is 0 Å². The number of hydrogen-bond acceptors (Lipinski definition) is 3. The van der Waals surface area contributed by atoms with Gasteiger partial charge in [0, 0.05) is 12.5 Å². The van der Waals surface area contributed by atoms with E-state index in [0.717, 1.165) is 0 Å². The fraction of sp³-hybridized carbons (Fsp3) is 0.200. The molecule has 0 radical (unpaired) electrons. The molecule has 0 fully saturated rings. The molecule has 2 aromatic rings. The van der Waals surface area contributed by atoms with Gasteiger partial charge in [0.25, 0.3) is 0 Å². The summed E-state index contributed by atoms with van der Waals surface area (Å²) < 4.78 is 24.6. The molecule has 3 nitrogen and oxygen atoms in total. The van der Waals surface area contributed by atoms with Crippen molar-refractivity contribution in [3.8, 4) is 11.5 Å². The highest BCUT2D eigenvalue weighted by Gasteiger charge is 2.02. The lowest BCUT2D eigenvalue weighted by Crippen LogP contribution is -2.06. The summed E-state index contributed by atoms with van der Waals surface area (Å²) in [5, 5.41) is 0. The van der Waals surface area contributed by atoms with Crippen LogP contribution >= 0.6 is 15.9 Å². The largest absolute Gasteiger partial charge is 0.493 e. The maximum atomic E-state index is 13.3. The summed E-state index contributed by atoms with van der Waals surface area (Å²) in [5.74, 6) is 0.836. The number of halogens is 2. The van der Waals surface area contributed by atoms with Gasteiger partial charge in [-0.3, -0.25) is 0 Å². The van der Waals surface area contributed by atoms with E-state index in [2.05, 4.69) is 15.9 Å². The molecule has 0 saturated carbocycles. The topological polar surface area (TPSA) is 44.5 Å². The first kappa shape index (κ1) is 14.7. The highest BCUT2D eigenvalue weighted by molar-refractivity contribution is 9.10. The monoisotopic (exact) mass is 339 g/mol. The smallest absolute Gasteiger partial charge is 0.142 e. The van der Waals surface area contributed by atoms with Crippen molar-refractivity contribution in [1.29, 1.82) is 0 Å². The number of benzene rings is 2. The Labute approximate surface area is 125 Å². The van der Waals surface area contributed by atoms with Crippen LogP contribution in [0.2, 0.25) is 0 Å². The van der Waals surface area contributed by atoms with E-state index in [1.54, 1.807) is 18.2 Å². The normalized spacial score (nSPS) is 10.3. The molecule has 0 heterocycles. The maximum Gasteiger partial charge on any atom is 0.142 e. The van der Waals surface area contributed by atoms with Gasteiger partial charge in [0.15, 0.2) is 0 Å². The van der Waals surface area contributed by atoms with Crippen LogP contribution in [0.1, 0.15) is 6.42 Å². The molecule has 0 amide bonds. The first-order chi connectivity index (χ1) is 9.66. The van der Waals surface area contributed by atoms with Gasteiger partial charge in [-0.2, -0.15) is 0 Å². The van der Waals surface area contributed by atoms with Crippen molar-refractivity contribution in [3.05, 3.63) is 52.8 Å². The van der Waals surface area contributed by atoms with Gasteiger partial charge >= 0.3 is 0 Å². The minimum atomic E-state index is -0.337. The first-order valence-electron chi connectivity index (χ1n) is 6.22. The number of anilines is 1. The average molecular weight is 340 g/mol. The Morgan fingerprint density at radius 2 is 1.80 bits per heavy atom. The fourth-order valence-electron chi connectivity index (χ4n) is 1.61. The molecule has 2 rings (SSSR count). The van der Waals surface area contributed by atoms with E-state index in [1.165, 1.54) is 6.07 Å². The van der Waals surface area contributed by atoms with Crippen molar-refractivity contribution in [2.75, 3.05) is 18.9 Å².